The van der Waals surface area contributed by atoms with Crippen LogP contribution in [0.3, 0.4) is 0 Å². The minimum atomic E-state index is -0.688. The third-order valence-electron chi connectivity index (χ3n) is 4.96. The number of aromatic nitrogens is 1. The van der Waals surface area contributed by atoms with Crippen LogP contribution in [0.1, 0.15) is 52.8 Å². The molecule has 1 aromatic carbocycles. The van der Waals surface area contributed by atoms with Crippen molar-refractivity contribution in [3.8, 4) is 11.4 Å². The Hall–Kier alpha value is -3.16. The number of rotatable bonds is 3. The van der Waals surface area contributed by atoms with Crippen molar-refractivity contribution in [3.63, 3.8) is 0 Å². The molecular formula is C19H18FN3O4. The number of fused-ring (bicyclic) bond motifs is 1. The monoisotopic (exact) mass is 371 g/mol. The quantitative estimate of drug-likeness (QED) is 0.805. The third kappa shape index (κ3) is 2.97. The normalized spacial score (nSPS) is 16.9. The maximum Gasteiger partial charge on any atom is 0.262 e. The summed E-state index contributed by atoms with van der Waals surface area (Å²) in [5.74, 6) is -1.86. The Morgan fingerprint density at radius 3 is 2.56 bits per heavy atom. The molecule has 1 saturated carbocycles. The van der Waals surface area contributed by atoms with Gasteiger partial charge in [-0.15, -0.1) is 0 Å². The number of nitrogen functional groups attached to an aromatic ring is 1. The van der Waals surface area contributed by atoms with E-state index in [1.807, 2.05) is 0 Å². The first-order chi connectivity index (χ1) is 13.0. The number of anilines is 1. The van der Waals surface area contributed by atoms with Crippen molar-refractivity contribution in [2.75, 3.05) is 5.73 Å². The van der Waals surface area contributed by atoms with Crippen molar-refractivity contribution in [2.45, 2.75) is 38.2 Å². The predicted molar refractivity (Wildman–Crippen MR) is 95.7 cm³/mol. The molecular weight excluding hydrogens is 353 g/mol. The van der Waals surface area contributed by atoms with Crippen LogP contribution in [-0.4, -0.2) is 22.5 Å². The van der Waals surface area contributed by atoms with Gasteiger partial charge >= 0.3 is 0 Å². The summed E-state index contributed by atoms with van der Waals surface area (Å²) in [6, 6.07) is 4.86. The molecule has 2 aromatic rings. The van der Waals surface area contributed by atoms with Crippen molar-refractivity contribution in [1.82, 2.24) is 9.88 Å². The van der Waals surface area contributed by atoms with E-state index in [0.717, 1.165) is 48.8 Å². The summed E-state index contributed by atoms with van der Waals surface area (Å²) in [6.07, 6.45) is 4.97. The lowest BCUT2D eigenvalue weighted by Gasteiger charge is -2.25. The van der Waals surface area contributed by atoms with E-state index in [0.29, 0.717) is 5.75 Å². The van der Waals surface area contributed by atoms with Gasteiger partial charge in [-0.3, -0.25) is 24.3 Å². The summed E-state index contributed by atoms with van der Waals surface area (Å²) < 4.78 is 21.0. The third-order valence-corrected chi connectivity index (χ3v) is 4.96. The van der Waals surface area contributed by atoms with Gasteiger partial charge < -0.3 is 10.5 Å². The fraction of sp³-hybridized carbons (Fsp3) is 0.316. The fourth-order valence-electron chi connectivity index (χ4n) is 3.66. The van der Waals surface area contributed by atoms with Crippen molar-refractivity contribution in [3.05, 3.63) is 51.6 Å². The van der Waals surface area contributed by atoms with Gasteiger partial charge in [-0.25, -0.2) is 4.39 Å². The van der Waals surface area contributed by atoms with E-state index in [1.165, 1.54) is 12.1 Å². The Morgan fingerprint density at radius 2 is 1.81 bits per heavy atom. The Kier molecular flexibility index (Phi) is 4.18. The zero-order chi connectivity index (χ0) is 19.1. The molecule has 0 bridgehead atoms. The Balaban J connectivity index is 1.85. The van der Waals surface area contributed by atoms with Crippen LogP contribution < -0.4 is 21.3 Å². The molecule has 4 rings (SSSR count). The summed E-state index contributed by atoms with van der Waals surface area (Å²) >= 11 is 0. The van der Waals surface area contributed by atoms with E-state index in [2.05, 4.69) is 5.32 Å². The lowest BCUT2D eigenvalue weighted by atomic mass is 9.98. The summed E-state index contributed by atoms with van der Waals surface area (Å²) in [5.41, 5.74) is 5.34. The van der Waals surface area contributed by atoms with Gasteiger partial charge in [-0.2, -0.15) is 0 Å². The van der Waals surface area contributed by atoms with Gasteiger partial charge in [0.1, 0.15) is 17.4 Å². The van der Waals surface area contributed by atoms with Gasteiger partial charge in [0.05, 0.1) is 22.9 Å². The maximum atomic E-state index is 13.9. The zero-order valence-corrected chi connectivity index (χ0v) is 14.5. The highest BCUT2D eigenvalue weighted by atomic mass is 19.1. The highest BCUT2D eigenvalue weighted by Gasteiger charge is 2.32. The van der Waals surface area contributed by atoms with Crippen LogP contribution in [0.15, 0.2) is 29.1 Å². The fourth-order valence-corrected chi connectivity index (χ4v) is 3.66. The van der Waals surface area contributed by atoms with Crippen LogP contribution in [0.2, 0.25) is 0 Å². The molecule has 0 saturated heterocycles. The van der Waals surface area contributed by atoms with Crippen LogP contribution in [0.5, 0.6) is 5.75 Å². The molecule has 0 radical (unpaired) electrons. The molecule has 1 aliphatic carbocycles. The number of benzene rings is 1. The van der Waals surface area contributed by atoms with Gasteiger partial charge in [0, 0.05) is 12.1 Å². The number of halogens is 1. The Morgan fingerprint density at radius 1 is 1.07 bits per heavy atom. The molecule has 8 heteroatoms. The van der Waals surface area contributed by atoms with Crippen molar-refractivity contribution in [1.29, 1.82) is 0 Å². The summed E-state index contributed by atoms with van der Waals surface area (Å²) in [6.45, 7) is 0. The SMILES string of the molecule is Nc1c2c(cc(=O)n1-c1cc(F)ccc1OC1CCCCC1)C(=O)NC2=O. The van der Waals surface area contributed by atoms with E-state index in [4.69, 9.17) is 10.5 Å². The van der Waals surface area contributed by atoms with Gasteiger partial charge in [0.25, 0.3) is 17.4 Å². The molecule has 0 unspecified atom stereocenters. The van der Waals surface area contributed by atoms with Crippen LogP contribution >= 0.6 is 0 Å². The van der Waals surface area contributed by atoms with Gasteiger partial charge in [-0.05, 0) is 37.8 Å². The molecule has 2 amide bonds. The van der Waals surface area contributed by atoms with Gasteiger partial charge in [-0.1, -0.05) is 6.42 Å². The van der Waals surface area contributed by atoms with E-state index in [-0.39, 0.29) is 28.7 Å². The van der Waals surface area contributed by atoms with Crippen molar-refractivity contribution >= 4 is 17.6 Å². The first kappa shape index (κ1) is 17.3. The minimum Gasteiger partial charge on any atom is -0.488 e. The molecule has 0 atom stereocenters. The topological polar surface area (TPSA) is 103 Å². The average Bonchev–Trinajstić information content (AvgIpc) is 2.92. The highest BCUT2D eigenvalue weighted by Crippen LogP contribution is 2.31. The molecule has 27 heavy (non-hydrogen) atoms. The lowest BCUT2D eigenvalue weighted by molar-refractivity contribution is 0.0880. The molecule has 2 aliphatic rings. The van der Waals surface area contributed by atoms with Crippen LogP contribution in [0.4, 0.5) is 10.2 Å². The number of ether oxygens (including phenoxy) is 1. The average molecular weight is 371 g/mol. The number of carbonyl (C=O) groups excluding carboxylic acids is 2. The number of nitrogens with one attached hydrogen (secondary N) is 1. The summed E-state index contributed by atoms with van der Waals surface area (Å²) in [4.78, 5) is 36.4. The molecule has 1 fully saturated rings. The number of hydrogen-bond donors (Lipinski definition) is 2. The smallest absolute Gasteiger partial charge is 0.262 e. The standard InChI is InChI=1S/C19H18FN3O4/c20-10-6-7-14(27-11-4-2-1-3-5-11)13(8-10)23-15(24)9-12-16(17(23)21)19(26)22-18(12)25/h6-9,11H,1-5,21H2,(H,22,25,26). The molecule has 3 N–H and O–H groups in total. The second-order valence-corrected chi connectivity index (χ2v) is 6.77. The second-order valence-electron chi connectivity index (χ2n) is 6.77. The second kappa shape index (κ2) is 6.53. The van der Waals surface area contributed by atoms with Gasteiger partial charge in [0.15, 0.2) is 0 Å². The van der Waals surface area contributed by atoms with Crippen LogP contribution in [0.25, 0.3) is 5.69 Å². The van der Waals surface area contributed by atoms with E-state index >= 15 is 0 Å². The first-order valence-electron chi connectivity index (χ1n) is 8.83. The van der Waals surface area contributed by atoms with E-state index < -0.39 is 23.2 Å². The van der Waals surface area contributed by atoms with E-state index in [9.17, 15) is 18.8 Å². The number of imide groups is 1. The Labute approximate surface area is 153 Å². The van der Waals surface area contributed by atoms with Crippen molar-refractivity contribution < 1.29 is 18.7 Å². The lowest BCUT2D eigenvalue weighted by Crippen LogP contribution is -2.26. The largest absolute Gasteiger partial charge is 0.488 e. The number of nitrogens with two attached hydrogens (primary N) is 1. The first-order valence-corrected chi connectivity index (χ1v) is 8.83. The minimum absolute atomic E-state index is 0.0285. The number of carbonyl (C=O) groups is 2. The van der Waals surface area contributed by atoms with E-state index in [1.54, 1.807) is 0 Å². The molecule has 2 heterocycles. The molecule has 7 nitrogen and oxygen atoms in total. The molecule has 1 aliphatic heterocycles. The maximum absolute atomic E-state index is 13.9. The number of nitrogens with zero attached hydrogens (tertiary/aromatic N) is 1. The highest BCUT2D eigenvalue weighted by molar-refractivity contribution is 6.23. The number of amides is 2. The predicted octanol–water partition coefficient (Wildman–Crippen LogP) is 2.15. The summed E-state index contributed by atoms with van der Waals surface area (Å²) in [5, 5.41) is 2.11. The zero-order valence-electron chi connectivity index (χ0n) is 14.5. The van der Waals surface area contributed by atoms with Gasteiger partial charge in [0.2, 0.25) is 0 Å². The molecule has 1 aromatic heterocycles. The Bertz CT molecular complexity index is 1010. The van der Waals surface area contributed by atoms with Crippen LogP contribution in [-0.2, 0) is 0 Å². The van der Waals surface area contributed by atoms with Crippen molar-refractivity contribution in [2.24, 2.45) is 0 Å². The number of pyridine rings is 1. The molecule has 0 spiro atoms. The number of hydrogen-bond acceptors (Lipinski definition) is 5. The molecule has 140 valence electrons. The van der Waals surface area contributed by atoms with Crippen LogP contribution in [0, 0.1) is 5.82 Å². The summed E-state index contributed by atoms with van der Waals surface area (Å²) in [7, 11) is 0.